The first kappa shape index (κ1) is 13.2. The Labute approximate surface area is 98.3 Å². The quantitative estimate of drug-likeness (QED) is 0.320. The third-order valence-electron chi connectivity index (χ3n) is 2.60. The van der Waals surface area contributed by atoms with Crippen molar-refractivity contribution < 1.29 is 19.5 Å². The second kappa shape index (κ2) is 6.04. The molecule has 0 bridgehead atoms. The van der Waals surface area contributed by atoms with Gasteiger partial charge in [-0.05, 0) is 0 Å². The molecule has 0 saturated carbocycles. The Morgan fingerprint density at radius 2 is 1.59 bits per heavy atom. The summed E-state index contributed by atoms with van der Waals surface area (Å²) in [6.07, 6.45) is -0.166. The van der Waals surface area contributed by atoms with E-state index in [-0.39, 0.29) is 24.8 Å². The highest BCUT2D eigenvalue weighted by atomic mass is 16.4. The molecule has 3 amide bonds. The molecule has 8 heteroatoms. The van der Waals surface area contributed by atoms with Crippen molar-refractivity contribution in [3.8, 4) is 0 Å². The summed E-state index contributed by atoms with van der Waals surface area (Å²) in [6.45, 7) is 1.63. The zero-order chi connectivity index (χ0) is 12.8. The normalized spacial score (nSPS) is 15.6. The number of hydrazine groups is 1. The van der Waals surface area contributed by atoms with Gasteiger partial charge in [0.25, 0.3) is 0 Å². The first-order valence-corrected chi connectivity index (χ1v) is 5.29. The van der Waals surface area contributed by atoms with E-state index in [1.165, 1.54) is 4.90 Å². The van der Waals surface area contributed by atoms with Gasteiger partial charge in [-0.15, -0.1) is 0 Å². The minimum absolute atomic E-state index is 0.00157. The Hall–Kier alpha value is -1.83. The summed E-state index contributed by atoms with van der Waals surface area (Å²) in [5.41, 5.74) is 2.02. The smallest absolute Gasteiger partial charge is 0.331 e. The van der Waals surface area contributed by atoms with Crippen molar-refractivity contribution >= 4 is 17.9 Å². The topological polar surface area (TPSA) is 116 Å². The summed E-state index contributed by atoms with van der Waals surface area (Å²) in [4.78, 5) is 36.1. The Bertz CT molecular complexity index is 312. The Balaban J connectivity index is 2.33. The van der Waals surface area contributed by atoms with Crippen LogP contribution in [0.4, 0.5) is 4.79 Å². The number of hydrogen-bond acceptors (Lipinski definition) is 4. The van der Waals surface area contributed by atoms with Gasteiger partial charge in [-0.3, -0.25) is 15.0 Å². The van der Waals surface area contributed by atoms with Crippen LogP contribution < -0.4 is 11.3 Å². The maximum absolute atomic E-state index is 11.6. The SMILES string of the molecule is NNC(=O)N1CCN(C(=O)CCC(=O)O)CC1. The van der Waals surface area contributed by atoms with Crippen LogP contribution in [0.15, 0.2) is 0 Å². The number of piperazine rings is 1. The number of urea groups is 1. The number of rotatable bonds is 3. The number of nitrogens with two attached hydrogens (primary N) is 1. The molecule has 0 aromatic rings. The van der Waals surface area contributed by atoms with Gasteiger partial charge in [0.2, 0.25) is 5.91 Å². The van der Waals surface area contributed by atoms with Crippen molar-refractivity contribution in [3.05, 3.63) is 0 Å². The highest BCUT2D eigenvalue weighted by molar-refractivity contribution is 5.81. The first-order valence-electron chi connectivity index (χ1n) is 5.29. The van der Waals surface area contributed by atoms with E-state index in [0.29, 0.717) is 26.2 Å². The van der Waals surface area contributed by atoms with E-state index in [9.17, 15) is 14.4 Å². The summed E-state index contributed by atoms with van der Waals surface area (Å²) in [7, 11) is 0. The van der Waals surface area contributed by atoms with Crippen LogP contribution in [-0.2, 0) is 9.59 Å². The fraction of sp³-hybridized carbons (Fsp3) is 0.667. The van der Waals surface area contributed by atoms with Crippen molar-refractivity contribution in [1.29, 1.82) is 0 Å². The summed E-state index contributed by atoms with van der Waals surface area (Å²) < 4.78 is 0. The molecule has 0 aromatic carbocycles. The number of hydrogen-bond donors (Lipinski definition) is 3. The third-order valence-corrected chi connectivity index (χ3v) is 2.60. The van der Waals surface area contributed by atoms with Gasteiger partial charge in [0, 0.05) is 32.6 Å². The average Bonchev–Trinajstić information content (AvgIpc) is 2.35. The van der Waals surface area contributed by atoms with Crippen molar-refractivity contribution in [2.45, 2.75) is 12.8 Å². The average molecular weight is 244 g/mol. The largest absolute Gasteiger partial charge is 0.481 e. The molecule has 17 heavy (non-hydrogen) atoms. The molecule has 0 atom stereocenters. The van der Waals surface area contributed by atoms with Crippen molar-refractivity contribution in [1.82, 2.24) is 15.2 Å². The van der Waals surface area contributed by atoms with Gasteiger partial charge in [-0.25, -0.2) is 10.6 Å². The van der Waals surface area contributed by atoms with Crippen LogP contribution in [0.2, 0.25) is 0 Å². The number of nitrogens with zero attached hydrogens (tertiary/aromatic N) is 2. The monoisotopic (exact) mass is 244 g/mol. The number of carboxylic acids is 1. The molecule has 1 fully saturated rings. The lowest BCUT2D eigenvalue weighted by atomic mass is 10.2. The summed E-state index contributed by atoms with van der Waals surface area (Å²) in [6, 6.07) is -0.373. The molecule has 0 spiro atoms. The van der Waals surface area contributed by atoms with Gasteiger partial charge in [0.15, 0.2) is 0 Å². The van der Waals surface area contributed by atoms with Crippen molar-refractivity contribution in [3.63, 3.8) is 0 Å². The van der Waals surface area contributed by atoms with Crippen LogP contribution in [0.3, 0.4) is 0 Å². The van der Waals surface area contributed by atoms with E-state index in [2.05, 4.69) is 0 Å². The maximum atomic E-state index is 11.6. The summed E-state index contributed by atoms with van der Waals surface area (Å²) in [5, 5.41) is 8.46. The molecule has 1 rings (SSSR count). The Morgan fingerprint density at radius 1 is 1.06 bits per heavy atom. The lowest BCUT2D eigenvalue weighted by Gasteiger charge is -2.34. The van der Waals surface area contributed by atoms with E-state index >= 15 is 0 Å². The van der Waals surface area contributed by atoms with Crippen LogP contribution in [0.1, 0.15) is 12.8 Å². The van der Waals surface area contributed by atoms with Crippen LogP contribution in [0, 0.1) is 0 Å². The molecular weight excluding hydrogens is 228 g/mol. The molecule has 1 heterocycles. The molecule has 0 aromatic heterocycles. The van der Waals surface area contributed by atoms with Crippen LogP contribution in [0.5, 0.6) is 0 Å². The second-order valence-corrected chi connectivity index (χ2v) is 3.71. The number of aliphatic carboxylic acids is 1. The zero-order valence-corrected chi connectivity index (χ0v) is 9.39. The molecule has 96 valence electrons. The minimum atomic E-state index is -0.987. The molecule has 1 saturated heterocycles. The fourth-order valence-electron chi connectivity index (χ4n) is 1.62. The van der Waals surface area contributed by atoms with Crippen LogP contribution in [-0.4, -0.2) is 59.0 Å². The highest BCUT2D eigenvalue weighted by Gasteiger charge is 2.23. The van der Waals surface area contributed by atoms with E-state index in [1.807, 2.05) is 5.43 Å². The second-order valence-electron chi connectivity index (χ2n) is 3.71. The molecule has 1 aliphatic rings. The molecule has 0 unspecified atom stereocenters. The number of carboxylic acid groups (broad SMARTS) is 1. The van der Waals surface area contributed by atoms with Gasteiger partial charge < -0.3 is 14.9 Å². The molecular formula is C9H16N4O4. The highest BCUT2D eigenvalue weighted by Crippen LogP contribution is 2.05. The molecule has 1 aliphatic heterocycles. The molecule has 0 radical (unpaired) electrons. The third kappa shape index (κ3) is 3.91. The maximum Gasteiger partial charge on any atom is 0.331 e. The zero-order valence-electron chi connectivity index (χ0n) is 9.39. The van der Waals surface area contributed by atoms with Gasteiger partial charge >= 0.3 is 12.0 Å². The predicted molar refractivity (Wildman–Crippen MR) is 57.7 cm³/mol. The lowest BCUT2D eigenvalue weighted by molar-refractivity contribution is -0.141. The Morgan fingerprint density at radius 3 is 2.06 bits per heavy atom. The summed E-state index contributed by atoms with van der Waals surface area (Å²) >= 11 is 0. The first-order chi connectivity index (χ1) is 8.04. The van der Waals surface area contributed by atoms with Gasteiger partial charge in [-0.1, -0.05) is 0 Å². The van der Waals surface area contributed by atoms with Crippen molar-refractivity contribution in [2.24, 2.45) is 5.84 Å². The number of carbonyl (C=O) groups excluding carboxylic acids is 2. The predicted octanol–water partition coefficient (Wildman–Crippen LogP) is -1.42. The van der Waals surface area contributed by atoms with E-state index in [0.717, 1.165) is 0 Å². The van der Waals surface area contributed by atoms with Gasteiger partial charge in [-0.2, -0.15) is 0 Å². The molecule has 8 nitrogen and oxygen atoms in total. The number of amides is 3. The minimum Gasteiger partial charge on any atom is -0.481 e. The Kier molecular flexibility index (Phi) is 4.70. The number of carbonyl (C=O) groups is 3. The standard InChI is InChI=1S/C9H16N4O4/c10-11-9(17)13-5-3-12(4-6-13)7(14)1-2-8(15)16/h1-6,10H2,(H,11,17)(H,15,16). The van der Waals surface area contributed by atoms with Crippen LogP contribution in [0.25, 0.3) is 0 Å². The molecule has 4 N–H and O–H groups in total. The lowest BCUT2D eigenvalue weighted by Crippen LogP contribution is -2.54. The summed E-state index contributed by atoms with van der Waals surface area (Å²) in [5.74, 6) is 3.81. The molecule has 0 aliphatic carbocycles. The number of nitrogens with one attached hydrogen (secondary N) is 1. The van der Waals surface area contributed by atoms with E-state index < -0.39 is 5.97 Å². The van der Waals surface area contributed by atoms with E-state index in [4.69, 9.17) is 10.9 Å². The van der Waals surface area contributed by atoms with Crippen LogP contribution >= 0.6 is 0 Å². The van der Waals surface area contributed by atoms with Gasteiger partial charge in [0.05, 0.1) is 6.42 Å². The van der Waals surface area contributed by atoms with Gasteiger partial charge in [0.1, 0.15) is 0 Å². The van der Waals surface area contributed by atoms with Crippen molar-refractivity contribution in [2.75, 3.05) is 26.2 Å². The fourth-order valence-corrected chi connectivity index (χ4v) is 1.62. The van der Waals surface area contributed by atoms with E-state index in [1.54, 1.807) is 4.90 Å².